The van der Waals surface area contributed by atoms with Crippen LogP contribution in [0, 0.1) is 17.5 Å². The third-order valence-electron chi connectivity index (χ3n) is 2.86. The van der Waals surface area contributed by atoms with E-state index < -0.39 is 23.1 Å². The summed E-state index contributed by atoms with van der Waals surface area (Å²) >= 11 is 0. The van der Waals surface area contributed by atoms with Crippen LogP contribution in [0.4, 0.5) is 13.2 Å². The van der Waals surface area contributed by atoms with Crippen LogP contribution in [0.2, 0.25) is 0 Å². The number of benzene rings is 1. The van der Waals surface area contributed by atoms with Gasteiger partial charge in [-0.1, -0.05) is 6.07 Å². The molecule has 5 heteroatoms. The highest BCUT2D eigenvalue weighted by molar-refractivity contribution is 5.22. The average molecular weight is 231 g/mol. The van der Waals surface area contributed by atoms with E-state index in [9.17, 15) is 18.3 Å². The maximum Gasteiger partial charge on any atom is 0.194 e. The second-order valence-corrected chi connectivity index (χ2v) is 4.16. The summed E-state index contributed by atoms with van der Waals surface area (Å²) in [4.78, 5) is 0. The Labute approximate surface area is 91.1 Å². The zero-order chi connectivity index (χ0) is 11.8. The molecule has 2 rings (SSSR count). The SMILES string of the molecule is OC1(Cc2ccc(F)c(F)c2F)CCNC1. The van der Waals surface area contributed by atoms with Crippen LogP contribution in [0.5, 0.6) is 0 Å². The van der Waals surface area contributed by atoms with Gasteiger partial charge in [-0.2, -0.15) is 0 Å². The third-order valence-corrected chi connectivity index (χ3v) is 2.86. The number of hydrogen-bond acceptors (Lipinski definition) is 2. The molecule has 0 saturated carbocycles. The normalized spacial score (nSPS) is 25.0. The molecule has 88 valence electrons. The first kappa shape index (κ1) is 11.4. The molecule has 1 unspecified atom stereocenters. The van der Waals surface area contributed by atoms with Gasteiger partial charge in [0, 0.05) is 13.0 Å². The molecule has 1 heterocycles. The highest BCUT2D eigenvalue weighted by Gasteiger charge is 2.32. The van der Waals surface area contributed by atoms with Gasteiger partial charge in [-0.25, -0.2) is 13.2 Å². The molecule has 1 aromatic carbocycles. The standard InChI is InChI=1S/C11H12F3NO/c12-8-2-1-7(9(13)10(8)14)5-11(16)3-4-15-6-11/h1-2,15-16H,3-6H2. The lowest BCUT2D eigenvalue weighted by molar-refractivity contribution is 0.0608. The van der Waals surface area contributed by atoms with E-state index >= 15 is 0 Å². The molecule has 0 aliphatic carbocycles. The summed E-state index contributed by atoms with van der Waals surface area (Å²) < 4.78 is 39.0. The van der Waals surface area contributed by atoms with Gasteiger partial charge in [-0.3, -0.25) is 0 Å². The molecule has 1 fully saturated rings. The van der Waals surface area contributed by atoms with Crippen molar-refractivity contribution in [2.24, 2.45) is 0 Å². The van der Waals surface area contributed by atoms with Crippen LogP contribution in [0.1, 0.15) is 12.0 Å². The van der Waals surface area contributed by atoms with E-state index in [-0.39, 0.29) is 12.0 Å². The van der Waals surface area contributed by atoms with Gasteiger partial charge in [0.25, 0.3) is 0 Å². The molecular formula is C11H12F3NO. The molecule has 0 spiro atoms. The Morgan fingerprint density at radius 2 is 2.00 bits per heavy atom. The molecule has 0 aromatic heterocycles. The van der Waals surface area contributed by atoms with Crippen LogP contribution in [-0.2, 0) is 6.42 Å². The lowest BCUT2D eigenvalue weighted by Crippen LogP contribution is -2.34. The van der Waals surface area contributed by atoms with E-state index in [0.29, 0.717) is 19.5 Å². The maximum atomic E-state index is 13.3. The zero-order valence-corrected chi connectivity index (χ0v) is 8.56. The molecule has 0 bridgehead atoms. The van der Waals surface area contributed by atoms with Crippen molar-refractivity contribution in [2.45, 2.75) is 18.4 Å². The topological polar surface area (TPSA) is 32.3 Å². The summed E-state index contributed by atoms with van der Waals surface area (Å²) in [5.74, 6) is -3.90. The highest BCUT2D eigenvalue weighted by atomic mass is 19.2. The lowest BCUT2D eigenvalue weighted by atomic mass is 9.93. The first-order chi connectivity index (χ1) is 7.52. The van der Waals surface area contributed by atoms with Crippen LogP contribution in [0.15, 0.2) is 12.1 Å². The smallest absolute Gasteiger partial charge is 0.194 e. The number of rotatable bonds is 2. The molecule has 16 heavy (non-hydrogen) atoms. The van der Waals surface area contributed by atoms with Crippen LogP contribution in [-0.4, -0.2) is 23.8 Å². The van der Waals surface area contributed by atoms with Gasteiger partial charge < -0.3 is 10.4 Å². The zero-order valence-electron chi connectivity index (χ0n) is 8.56. The highest BCUT2D eigenvalue weighted by Crippen LogP contribution is 2.24. The van der Waals surface area contributed by atoms with E-state index in [1.807, 2.05) is 0 Å². The van der Waals surface area contributed by atoms with Crippen molar-refractivity contribution >= 4 is 0 Å². The summed E-state index contributed by atoms with van der Waals surface area (Å²) in [6.45, 7) is 0.979. The van der Waals surface area contributed by atoms with Crippen LogP contribution < -0.4 is 5.32 Å². The molecule has 2 N–H and O–H groups in total. The Kier molecular flexibility index (Phi) is 2.90. The Morgan fingerprint density at radius 1 is 1.25 bits per heavy atom. The molecule has 0 radical (unpaired) electrons. The minimum absolute atomic E-state index is 0.00472. The Hall–Kier alpha value is -1.07. The molecular weight excluding hydrogens is 219 g/mol. The molecule has 2 nitrogen and oxygen atoms in total. The number of hydrogen-bond donors (Lipinski definition) is 2. The van der Waals surface area contributed by atoms with Crippen molar-refractivity contribution in [2.75, 3.05) is 13.1 Å². The second-order valence-electron chi connectivity index (χ2n) is 4.16. The van der Waals surface area contributed by atoms with Gasteiger partial charge in [0.2, 0.25) is 0 Å². The maximum absolute atomic E-state index is 13.3. The van der Waals surface area contributed by atoms with Gasteiger partial charge in [0.1, 0.15) is 0 Å². The van der Waals surface area contributed by atoms with E-state index in [4.69, 9.17) is 0 Å². The van der Waals surface area contributed by atoms with E-state index in [1.165, 1.54) is 6.07 Å². The van der Waals surface area contributed by atoms with Gasteiger partial charge in [0.15, 0.2) is 17.5 Å². The Morgan fingerprint density at radius 3 is 2.62 bits per heavy atom. The minimum Gasteiger partial charge on any atom is -0.388 e. The average Bonchev–Trinajstić information content (AvgIpc) is 2.67. The molecule has 1 aromatic rings. The Bertz CT molecular complexity index is 402. The van der Waals surface area contributed by atoms with Gasteiger partial charge in [0.05, 0.1) is 5.60 Å². The predicted molar refractivity (Wildman–Crippen MR) is 52.5 cm³/mol. The van der Waals surface area contributed by atoms with E-state index in [2.05, 4.69) is 5.32 Å². The lowest BCUT2D eigenvalue weighted by Gasteiger charge is -2.21. The van der Waals surface area contributed by atoms with Crippen molar-refractivity contribution in [1.82, 2.24) is 5.32 Å². The van der Waals surface area contributed by atoms with Crippen molar-refractivity contribution in [3.63, 3.8) is 0 Å². The number of nitrogens with one attached hydrogen (secondary N) is 1. The van der Waals surface area contributed by atoms with Gasteiger partial charge in [-0.15, -0.1) is 0 Å². The Balaban J connectivity index is 2.25. The number of aliphatic hydroxyl groups is 1. The summed E-state index contributed by atoms with van der Waals surface area (Å²) in [6.07, 6.45) is 0.467. The fraction of sp³-hybridized carbons (Fsp3) is 0.455. The van der Waals surface area contributed by atoms with E-state index in [0.717, 1.165) is 6.07 Å². The first-order valence-corrected chi connectivity index (χ1v) is 5.07. The second kappa shape index (κ2) is 4.07. The number of β-amino-alcohol motifs (C(OH)–C–C–N with tert-alkyl or cyclic N) is 1. The molecule has 1 aliphatic rings. The molecule has 1 atom stereocenters. The van der Waals surface area contributed by atoms with Crippen LogP contribution >= 0.6 is 0 Å². The quantitative estimate of drug-likeness (QED) is 0.753. The monoisotopic (exact) mass is 231 g/mol. The van der Waals surface area contributed by atoms with Crippen molar-refractivity contribution in [1.29, 1.82) is 0 Å². The fourth-order valence-corrected chi connectivity index (χ4v) is 1.94. The van der Waals surface area contributed by atoms with Crippen molar-refractivity contribution in [3.05, 3.63) is 35.1 Å². The minimum atomic E-state index is -1.48. The van der Waals surface area contributed by atoms with Crippen molar-refractivity contribution < 1.29 is 18.3 Å². The summed E-state index contributed by atoms with van der Waals surface area (Å²) in [7, 11) is 0. The predicted octanol–water partition coefficient (Wildman–Crippen LogP) is 1.37. The van der Waals surface area contributed by atoms with E-state index in [1.54, 1.807) is 0 Å². The fourth-order valence-electron chi connectivity index (χ4n) is 1.94. The third kappa shape index (κ3) is 2.05. The molecule has 1 saturated heterocycles. The first-order valence-electron chi connectivity index (χ1n) is 5.07. The van der Waals surface area contributed by atoms with Crippen LogP contribution in [0.3, 0.4) is 0 Å². The van der Waals surface area contributed by atoms with Crippen LogP contribution in [0.25, 0.3) is 0 Å². The number of halogens is 3. The summed E-state index contributed by atoms with van der Waals surface area (Å²) in [6, 6.07) is 2.05. The van der Waals surface area contributed by atoms with Gasteiger partial charge in [-0.05, 0) is 24.6 Å². The molecule has 1 aliphatic heterocycles. The summed E-state index contributed by atoms with van der Waals surface area (Å²) in [5.41, 5.74) is -1.06. The molecule has 0 amide bonds. The summed E-state index contributed by atoms with van der Waals surface area (Å²) in [5, 5.41) is 12.9. The largest absolute Gasteiger partial charge is 0.388 e. The van der Waals surface area contributed by atoms with Gasteiger partial charge >= 0.3 is 0 Å². The van der Waals surface area contributed by atoms with Crippen molar-refractivity contribution in [3.8, 4) is 0 Å².